The molecule has 7 nitrogen and oxygen atoms in total. The maximum absolute atomic E-state index is 12.5. The fourth-order valence-corrected chi connectivity index (χ4v) is 3.57. The zero-order valence-electron chi connectivity index (χ0n) is 10.7. The molecule has 0 spiro atoms. The lowest BCUT2D eigenvalue weighted by Crippen LogP contribution is -2.34. The van der Waals surface area contributed by atoms with Crippen LogP contribution < -0.4 is 0 Å². The van der Waals surface area contributed by atoms with Crippen molar-refractivity contribution in [2.75, 3.05) is 13.1 Å². The van der Waals surface area contributed by atoms with Gasteiger partial charge in [-0.3, -0.25) is 5.10 Å². The van der Waals surface area contributed by atoms with Crippen molar-refractivity contribution in [3.05, 3.63) is 11.8 Å². The SMILES string of the molecule is CCCN(CC1CC1)S(=O)(=O)c1[nH]ncc1C(=O)O. The summed E-state index contributed by atoms with van der Waals surface area (Å²) in [6.07, 6.45) is 3.77. The molecule has 1 aromatic heterocycles. The molecule has 19 heavy (non-hydrogen) atoms. The minimum atomic E-state index is -3.82. The van der Waals surface area contributed by atoms with E-state index in [9.17, 15) is 13.2 Å². The van der Waals surface area contributed by atoms with Gasteiger partial charge in [-0.15, -0.1) is 0 Å². The zero-order valence-corrected chi connectivity index (χ0v) is 11.5. The molecule has 0 atom stereocenters. The number of nitrogens with zero attached hydrogens (tertiary/aromatic N) is 2. The van der Waals surface area contributed by atoms with Gasteiger partial charge in [0.2, 0.25) is 0 Å². The number of hydrogen-bond donors (Lipinski definition) is 2. The summed E-state index contributed by atoms with van der Waals surface area (Å²) in [4.78, 5) is 11.0. The fraction of sp³-hybridized carbons (Fsp3) is 0.636. The fourth-order valence-electron chi connectivity index (χ4n) is 1.90. The summed E-state index contributed by atoms with van der Waals surface area (Å²) in [6.45, 7) is 2.73. The molecule has 0 aliphatic heterocycles. The summed E-state index contributed by atoms with van der Waals surface area (Å²) >= 11 is 0. The van der Waals surface area contributed by atoms with Crippen LogP contribution in [0.2, 0.25) is 0 Å². The van der Waals surface area contributed by atoms with Gasteiger partial charge in [0.15, 0.2) is 5.03 Å². The molecule has 2 N–H and O–H groups in total. The van der Waals surface area contributed by atoms with Crippen molar-refractivity contribution in [2.24, 2.45) is 5.92 Å². The molecule has 2 rings (SSSR count). The van der Waals surface area contributed by atoms with Gasteiger partial charge in [-0.05, 0) is 25.2 Å². The summed E-state index contributed by atoms with van der Waals surface area (Å²) < 4.78 is 26.3. The first-order valence-electron chi connectivity index (χ1n) is 6.23. The summed E-state index contributed by atoms with van der Waals surface area (Å²) in [5.41, 5.74) is -0.308. The van der Waals surface area contributed by atoms with Crippen molar-refractivity contribution in [2.45, 2.75) is 31.2 Å². The number of carbonyl (C=O) groups is 1. The van der Waals surface area contributed by atoms with Gasteiger partial charge in [0.1, 0.15) is 5.56 Å². The van der Waals surface area contributed by atoms with Crippen LogP contribution in [0.15, 0.2) is 11.2 Å². The van der Waals surface area contributed by atoms with Gasteiger partial charge in [-0.1, -0.05) is 6.92 Å². The van der Waals surface area contributed by atoms with E-state index >= 15 is 0 Å². The summed E-state index contributed by atoms with van der Waals surface area (Å²) in [7, 11) is -3.82. The lowest BCUT2D eigenvalue weighted by molar-refractivity contribution is 0.0692. The second-order valence-electron chi connectivity index (χ2n) is 4.72. The minimum Gasteiger partial charge on any atom is -0.478 e. The highest BCUT2D eigenvalue weighted by atomic mass is 32.2. The van der Waals surface area contributed by atoms with Crippen LogP contribution in [0.1, 0.15) is 36.5 Å². The first kappa shape index (κ1) is 14.0. The van der Waals surface area contributed by atoms with E-state index in [1.54, 1.807) is 0 Å². The van der Waals surface area contributed by atoms with Gasteiger partial charge in [0.25, 0.3) is 10.0 Å². The first-order valence-corrected chi connectivity index (χ1v) is 7.67. The lowest BCUT2D eigenvalue weighted by Gasteiger charge is -2.20. The first-order chi connectivity index (χ1) is 8.96. The Morgan fingerprint density at radius 1 is 1.58 bits per heavy atom. The molecular formula is C11H17N3O4S. The van der Waals surface area contributed by atoms with Crippen molar-refractivity contribution in [3.63, 3.8) is 0 Å². The third kappa shape index (κ3) is 2.95. The minimum absolute atomic E-state index is 0.308. The number of H-pyrrole nitrogens is 1. The number of carboxylic acid groups (broad SMARTS) is 1. The lowest BCUT2D eigenvalue weighted by atomic mass is 10.4. The summed E-state index contributed by atoms with van der Waals surface area (Å²) in [5.74, 6) is -0.896. The Kier molecular flexibility index (Phi) is 3.91. The Hall–Kier alpha value is -1.41. The van der Waals surface area contributed by atoms with E-state index in [1.807, 2.05) is 6.92 Å². The molecule has 0 aromatic carbocycles. The van der Waals surface area contributed by atoms with Crippen molar-refractivity contribution in [3.8, 4) is 0 Å². The molecule has 1 aliphatic carbocycles. The Balaban J connectivity index is 2.31. The van der Waals surface area contributed by atoms with Gasteiger partial charge < -0.3 is 5.11 Å². The topological polar surface area (TPSA) is 103 Å². The van der Waals surface area contributed by atoms with Crippen LogP contribution in [-0.2, 0) is 10.0 Å². The predicted octanol–water partition coefficient (Wildman–Crippen LogP) is 0.919. The number of sulfonamides is 1. The van der Waals surface area contributed by atoms with E-state index in [4.69, 9.17) is 5.11 Å². The van der Waals surface area contributed by atoms with E-state index in [1.165, 1.54) is 4.31 Å². The van der Waals surface area contributed by atoms with Crippen molar-refractivity contribution in [1.29, 1.82) is 0 Å². The van der Waals surface area contributed by atoms with E-state index < -0.39 is 16.0 Å². The second-order valence-corrected chi connectivity index (χ2v) is 6.60. The Labute approximate surface area is 111 Å². The highest BCUT2D eigenvalue weighted by molar-refractivity contribution is 7.89. The average Bonchev–Trinajstić information content (AvgIpc) is 3.01. The molecule has 0 unspecified atom stereocenters. The highest BCUT2D eigenvalue weighted by Crippen LogP contribution is 2.31. The van der Waals surface area contributed by atoms with Gasteiger partial charge in [-0.2, -0.15) is 9.40 Å². The van der Waals surface area contributed by atoms with Crippen LogP contribution >= 0.6 is 0 Å². The van der Waals surface area contributed by atoms with Crippen LogP contribution in [0.25, 0.3) is 0 Å². The van der Waals surface area contributed by atoms with E-state index in [-0.39, 0.29) is 10.6 Å². The molecule has 0 bridgehead atoms. The van der Waals surface area contributed by atoms with Gasteiger partial charge in [0.05, 0.1) is 6.20 Å². The third-order valence-corrected chi connectivity index (χ3v) is 4.90. The average molecular weight is 287 g/mol. The van der Waals surface area contributed by atoms with Crippen LogP contribution in [0.3, 0.4) is 0 Å². The van der Waals surface area contributed by atoms with Crippen LogP contribution in [0, 0.1) is 5.92 Å². The van der Waals surface area contributed by atoms with E-state index in [2.05, 4.69) is 10.2 Å². The molecule has 0 saturated heterocycles. The number of carboxylic acids is 1. The Morgan fingerprint density at radius 3 is 2.79 bits per heavy atom. The maximum Gasteiger partial charge on any atom is 0.340 e. The molecule has 106 valence electrons. The standard InChI is InChI=1S/C11H17N3O4S/c1-2-5-14(7-8-3-4-8)19(17,18)10-9(11(15)16)6-12-13-10/h6,8H,2-5,7H2,1H3,(H,12,13)(H,15,16). The summed E-state index contributed by atoms with van der Waals surface area (Å²) in [5, 5.41) is 14.5. The zero-order chi connectivity index (χ0) is 14.0. The molecule has 0 radical (unpaired) electrons. The molecule has 1 fully saturated rings. The highest BCUT2D eigenvalue weighted by Gasteiger charge is 2.34. The van der Waals surface area contributed by atoms with E-state index in [0.717, 1.165) is 19.0 Å². The molecule has 0 amide bonds. The molecule has 1 saturated carbocycles. The maximum atomic E-state index is 12.5. The van der Waals surface area contributed by atoms with Gasteiger partial charge in [-0.25, -0.2) is 13.2 Å². The second kappa shape index (κ2) is 5.30. The van der Waals surface area contributed by atoms with Crippen LogP contribution in [0.4, 0.5) is 0 Å². The molecule has 8 heteroatoms. The predicted molar refractivity (Wildman–Crippen MR) is 67.3 cm³/mol. The number of aromatic amines is 1. The number of rotatable bonds is 7. The van der Waals surface area contributed by atoms with Crippen molar-refractivity contribution in [1.82, 2.24) is 14.5 Å². The molecule has 1 aromatic rings. The largest absolute Gasteiger partial charge is 0.478 e. The summed E-state index contributed by atoms with van der Waals surface area (Å²) in [6, 6.07) is 0. The van der Waals surface area contributed by atoms with Gasteiger partial charge in [0, 0.05) is 13.1 Å². The number of hydrogen-bond acceptors (Lipinski definition) is 4. The molecule has 1 heterocycles. The monoisotopic (exact) mass is 287 g/mol. The number of nitrogens with one attached hydrogen (secondary N) is 1. The van der Waals surface area contributed by atoms with Crippen molar-refractivity contribution < 1.29 is 18.3 Å². The quantitative estimate of drug-likeness (QED) is 0.776. The number of aromatic carboxylic acids is 1. The van der Waals surface area contributed by atoms with Crippen LogP contribution in [0.5, 0.6) is 0 Å². The van der Waals surface area contributed by atoms with Crippen molar-refractivity contribution >= 4 is 16.0 Å². The number of aromatic nitrogens is 2. The Morgan fingerprint density at radius 2 is 2.26 bits per heavy atom. The normalized spacial score (nSPS) is 15.9. The molecule has 1 aliphatic rings. The molecular weight excluding hydrogens is 270 g/mol. The smallest absolute Gasteiger partial charge is 0.340 e. The third-order valence-electron chi connectivity index (χ3n) is 3.06. The van der Waals surface area contributed by atoms with Crippen LogP contribution in [-0.4, -0.2) is 47.1 Å². The Bertz CT molecular complexity index is 562. The van der Waals surface area contributed by atoms with E-state index in [0.29, 0.717) is 25.4 Å². The van der Waals surface area contributed by atoms with Gasteiger partial charge >= 0.3 is 5.97 Å².